The van der Waals surface area contributed by atoms with Crippen LogP contribution in [0, 0.1) is 6.92 Å². The number of likely N-dealkylation sites (N-methyl/N-ethyl adjacent to an activating group) is 1. The summed E-state index contributed by atoms with van der Waals surface area (Å²) in [4.78, 5) is 4.64. The third-order valence-corrected chi connectivity index (χ3v) is 4.21. The molecule has 0 bridgehead atoms. The quantitative estimate of drug-likeness (QED) is 0.916. The minimum absolute atomic E-state index is 0.737. The predicted molar refractivity (Wildman–Crippen MR) is 81.5 cm³/mol. The largest absolute Gasteiger partial charge is 0.496 e. The Balaban J connectivity index is 2.35. The average molecular weight is 297 g/mol. The summed E-state index contributed by atoms with van der Waals surface area (Å²) in [7, 11) is 3.61. The Morgan fingerprint density at radius 1 is 1.42 bits per heavy atom. The molecule has 19 heavy (non-hydrogen) atoms. The van der Waals surface area contributed by atoms with Gasteiger partial charge in [-0.25, -0.2) is 4.98 Å². The van der Waals surface area contributed by atoms with Gasteiger partial charge in [0.15, 0.2) is 0 Å². The molecule has 0 saturated carbocycles. The topological polar surface area (TPSA) is 34.2 Å². The molecule has 0 saturated heterocycles. The minimum atomic E-state index is 0.737. The van der Waals surface area contributed by atoms with E-state index in [9.17, 15) is 0 Å². The van der Waals surface area contributed by atoms with E-state index >= 15 is 0 Å². The zero-order chi connectivity index (χ0) is 13.8. The molecule has 1 N–H and O–H groups in total. The maximum Gasteiger partial charge on any atom is 0.128 e. The van der Waals surface area contributed by atoms with Crippen molar-refractivity contribution in [1.82, 2.24) is 10.3 Å². The van der Waals surface area contributed by atoms with Crippen LogP contribution in [0.2, 0.25) is 5.02 Å². The van der Waals surface area contributed by atoms with Gasteiger partial charge in [0.2, 0.25) is 0 Å². The van der Waals surface area contributed by atoms with Crippen molar-refractivity contribution in [3.05, 3.63) is 33.1 Å². The number of rotatable bonds is 5. The van der Waals surface area contributed by atoms with Gasteiger partial charge < -0.3 is 10.1 Å². The van der Waals surface area contributed by atoms with Crippen LogP contribution in [0.3, 0.4) is 0 Å². The van der Waals surface area contributed by atoms with Crippen LogP contribution in [0.1, 0.15) is 10.6 Å². The fourth-order valence-corrected chi connectivity index (χ4v) is 2.77. The number of thiazole rings is 1. The molecule has 0 atom stereocenters. The summed E-state index contributed by atoms with van der Waals surface area (Å²) in [5.74, 6) is 0.812. The van der Waals surface area contributed by atoms with E-state index in [1.54, 1.807) is 18.4 Å². The monoisotopic (exact) mass is 296 g/mol. The first-order valence-electron chi connectivity index (χ1n) is 6.09. The molecule has 2 rings (SSSR count). The Morgan fingerprint density at radius 3 is 2.89 bits per heavy atom. The highest BCUT2D eigenvalue weighted by Gasteiger charge is 2.12. The van der Waals surface area contributed by atoms with Crippen molar-refractivity contribution in [2.75, 3.05) is 20.7 Å². The highest BCUT2D eigenvalue weighted by Crippen LogP contribution is 2.35. The molecule has 1 aromatic carbocycles. The van der Waals surface area contributed by atoms with E-state index in [0.717, 1.165) is 45.6 Å². The lowest BCUT2D eigenvalue weighted by molar-refractivity contribution is 0.416. The van der Waals surface area contributed by atoms with Crippen molar-refractivity contribution in [3.63, 3.8) is 0 Å². The molecule has 0 aliphatic carbocycles. The summed E-state index contributed by atoms with van der Waals surface area (Å²) in [5.41, 5.74) is 2.88. The molecule has 0 aliphatic rings. The minimum Gasteiger partial charge on any atom is -0.496 e. The van der Waals surface area contributed by atoms with Crippen LogP contribution in [0.4, 0.5) is 0 Å². The number of ether oxygens (including phenoxy) is 1. The van der Waals surface area contributed by atoms with Crippen molar-refractivity contribution in [2.45, 2.75) is 13.3 Å². The lowest BCUT2D eigenvalue weighted by atomic mass is 10.1. The van der Waals surface area contributed by atoms with E-state index in [0.29, 0.717) is 0 Å². The summed E-state index contributed by atoms with van der Waals surface area (Å²) in [5, 5.41) is 7.03. The number of halogens is 1. The number of nitrogens with one attached hydrogen (secondary N) is 1. The van der Waals surface area contributed by atoms with Gasteiger partial charge in [0.25, 0.3) is 0 Å². The molecule has 0 fully saturated rings. The number of nitrogens with zero attached hydrogens (tertiary/aromatic N) is 1. The Bertz CT molecular complexity index is 569. The maximum atomic E-state index is 6.19. The molecule has 0 aliphatic heterocycles. The molecular formula is C14H17ClN2OS. The number of aryl methyl sites for hydroxylation is 1. The Hall–Kier alpha value is -1.10. The van der Waals surface area contributed by atoms with Gasteiger partial charge in [-0.15, -0.1) is 11.3 Å². The second kappa shape index (κ2) is 6.37. The second-order valence-corrected chi connectivity index (χ2v) is 5.63. The zero-order valence-electron chi connectivity index (χ0n) is 11.3. The van der Waals surface area contributed by atoms with Crippen molar-refractivity contribution in [2.24, 2.45) is 0 Å². The zero-order valence-corrected chi connectivity index (χ0v) is 12.9. The summed E-state index contributed by atoms with van der Waals surface area (Å²) in [6, 6.07) is 3.87. The van der Waals surface area contributed by atoms with E-state index in [1.807, 2.05) is 26.1 Å². The molecule has 102 valence electrons. The van der Waals surface area contributed by atoms with E-state index in [-0.39, 0.29) is 0 Å². The van der Waals surface area contributed by atoms with Crippen molar-refractivity contribution < 1.29 is 4.74 Å². The summed E-state index contributed by atoms with van der Waals surface area (Å²) in [6.45, 7) is 2.90. The highest BCUT2D eigenvalue weighted by molar-refractivity contribution is 7.09. The van der Waals surface area contributed by atoms with Crippen molar-refractivity contribution in [1.29, 1.82) is 0 Å². The fraction of sp³-hybridized carbons (Fsp3) is 0.357. The smallest absolute Gasteiger partial charge is 0.128 e. The number of methoxy groups -OCH3 is 1. The molecule has 2 aromatic rings. The third-order valence-electron chi connectivity index (χ3n) is 2.90. The second-order valence-electron chi connectivity index (χ2n) is 4.28. The standard InChI is InChI=1S/C14H17ClN2OS/c1-9-6-13(18-3)10(7-11(9)15)12-8-19-14(17-12)4-5-16-2/h6-8,16H,4-5H2,1-3H3. The van der Waals surface area contributed by atoms with Gasteiger partial charge >= 0.3 is 0 Å². The SMILES string of the molecule is CNCCc1nc(-c2cc(Cl)c(C)cc2OC)cs1. The van der Waals surface area contributed by atoms with Gasteiger partial charge in [-0.05, 0) is 31.7 Å². The number of aromatic nitrogens is 1. The first-order chi connectivity index (χ1) is 9.15. The molecular weight excluding hydrogens is 280 g/mol. The molecule has 3 nitrogen and oxygen atoms in total. The summed E-state index contributed by atoms with van der Waals surface area (Å²) >= 11 is 7.86. The summed E-state index contributed by atoms with van der Waals surface area (Å²) in [6.07, 6.45) is 0.934. The third kappa shape index (κ3) is 3.26. The Labute approximate surface area is 122 Å². The molecule has 1 aromatic heterocycles. The fourth-order valence-electron chi connectivity index (χ4n) is 1.81. The van der Waals surface area contributed by atoms with Crippen LogP contribution < -0.4 is 10.1 Å². The van der Waals surface area contributed by atoms with Crippen LogP contribution in [-0.2, 0) is 6.42 Å². The van der Waals surface area contributed by atoms with E-state index in [2.05, 4.69) is 15.7 Å². The van der Waals surface area contributed by atoms with Gasteiger partial charge in [0.1, 0.15) is 5.75 Å². The molecule has 5 heteroatoms. The number of benzene rings is 1. The highest BCUT2D eigenvalue weighted by atomic mass is 35.5. The van der Waals surface area contributed by atoms with Crippen LogP contribution in [-0.4, -0.2) is 25.7 Å². The first kappa shape index (κ1) is 14.3. The number of hydrogen-bond acceptors (Lipinski definition) is 4. The van der Waals surface area contributed by atoms with Gasteiger partial charge in [0.05, 0.1) is 17.8 Å². The lowest BCUT2D eigenvalue weighted by Gasteiger charge is -2.09. The predicted octanol–water partition coefficient (Wildman–Crippen LogP) is 3.54. The summed E-state index contributed by atoms with van der Waals surface area (Å²) < 4.78 is 5.42. The van der Waals surface area contributed by atoms with Gasteiger partial charge in [0, 0.05) is 28.9 Å². The molecule has 0 radical (unpaired) electrons. The van der Waals surface area contributed by atoms with Crippen molar-refractivity contribution in [3.8, 4) is 17.0 Å². The maximum absolute atomic E-state index is 6.19. The van der Waals surface area contributed by atoms with E-state index < -0.39 is 0 Å². The Kier molecular flexibility index (Phi) is 4.80. The average Bonchev–Trinajstić information content (AvgIpc) is 2.87. The van der Waals surface area contributed by atoms with Crippen LogP contribution in [0.25, 0.3) is 11.3 Å². The van der Waals surface area contributed by atoms with Gasteiger partial charge in [-0.2, -0.15) is 0 Å². The lowest BCUT2D eigenvalue weighted by Crippen LogP contribution is -2.09. The normalized spacial score (nSPS) is 10.7. The van der Waals surface area contributed by atoms with Gasteiger partial charge in [-0.1, -0.05) is 11.6 Å². The van der Waals surface area contributed by atoms with Crippen LogP contribution in [0.5, 0.6) is 5.75 Å². The first-order valence-corrected chi connectivity index (χ1v) is 7.35. The van der Waals surface area contributed by atoms with Crippen molar-refractivity contribution >= 4 is 22.9 Å². The molecule has 0 unspecified atom stereocenters. The molecule has 0 amide bonds. The number of hydrogen-bond donors (Lipinski definition) is 1. The Morgan fingerprint density at radius 2 is 2.21 bits per heavy atom. The molecule has 0 spiro atoms. The van der Waals surface area contributed by atoms with E-state index in [4.69, 9.17) is 16.3 Å². The molecule has 1 heterocycles. The van der Waals surface area contributed by atoms with Crippen LogP contribution in [0.15, 0.2) is 17.5 Å². The van der Waals surface area contributed by atoms with E-state index in [1.165, 1.54) is 0 Å². The van der Waals surface area contributed by atoms with Crippen LogP contribution >= 0.6 is 22.9 Å². The van der Waals surface area contributed by atoms with Gasteiger partial charge in [-0.3, -0.25) is 0 Å².